The van der Waals surface area contributed by atoms with Crippen molar-refractivity contribution in [3.8, 4) is 11.8 Å². The van der Waals surface area contributed by atoms with Gasteiger partial charge in [-0.2, -0.15) is 4.98 Å². The Labute approximate surface area is 118 Å². The lowest BCUT2D eigenvalue weighted by molar-refractivity contribution is 0.148. The first-order chi connectivity index (χ1) is 9.79. The summed E-state index contributed by atoms with van der Waals surface area (Å²) in [5.41, 5.74) is 1.30. The molecule has 3 rings (SSSR count). The molecule has 2 aromatic rings. The zero-order valence-corrected chi connectivity index (χ0v) is 11.7. The highest BCUT2D eigenvalue weighted by atomic mass is 16.6. The molecule has 1 aromatic heterocycles. The van der Waals surface area contributed by atoms with Crippen LogP contribution in [0.2, 0.25) is 0 Å². The van der Waals surface area contributed by atoms with E-state index in [1.807, 2.05) is 12.1 Å². The van der Waals surface area contributed by atoms with Crippen LogP contribution in [-0.4, -0.2) is 48.0 Å². The van der Waals surface area contributed by atoms with E-state index in [-0.39, 0.29) is 6.08 Å². The monoisotopic (exact) mass is 273 g/mol. The second-order valence-corrected chi connectivity index (χ2v) is 5.12. The Morgan fingerprint density at radius 3 is 2.55 bits per heavy atom. The molecule has 20 heavy (non-hydrogen) atoms. The van der Waals surface area contributed by atoms with Crippen molar-refractivity contribution in [2.75, 3.05) is 33.2 Å². The van der Waals surface area contributed by atoms with Crippen molar-refractivity contribution in [3.63, 3.8) is 0 Å². The maximum absolute atomic E-state index is 5.48. The fraction of sp³-hybridized carbons (Fsp3) is 0.400. The van der Waals surface area contributed by atoms with Gasteiger partial charge in [-0.05, 0) is 24.7 Å². The van der Waals surface area contributed by atoms with E-state index >= 15 is 0 Å². The summed E-state index contributed by atoms with van der Waals surface area (Å²) in [4.78, 5) is 8.77. The average Bonchev–Trinajstić information content (AvgIpc) is 2.96. The van der Waals surface area contributed by atoms with E-state index < -0.39 is 0 Å². The summed E-state index contributed by atoms with van der Waals surface area (Å²) in [6.45, 7) is 5.54. The Morgan fingerprint density at radius 2 is 1.90 bits per heavy atom. The molecule has 5 nitrogen and oxygen atoms in total. The van der Waals surface area contributed by atoms with E-state index in [1.165, 1.54) is 11.8 Å². The molecule has 0 radical (unpaired) electrons. The lowest BCUT2D eigenvalue weighted by Gasteiger charge is -2.32. The predicted molar refractivity (Wildman–Crippen MR) is 75.8 cm³/mol. The molecule has 0 unspecified atom stereocenters. The van der Waals surface area contributed by atoms with Gasteiger partial charge in [0.15, 0.2) is 0 Å². The van der Waals surface area contributed by atoms with Crippen LogP contribution in [0.25, 0.3) is 0 Å². The lowest BCUT2D eigenvalue weighted by atomic mass is 10.2. The fourth-order valence-corrected chi connectivity index (χ4v) is 2.29. The van der Waals surface area contributed by atoms with Gasteiger partial charge in [-0.15, -0.1) is 0 Å². The molecular formula is C15H19N3O2. The van der Waals surface area contributed by atoms with Crippen molar-refractivity contribution < 1.29 is 9.15 Å². The Bertz CT molecular complexity index is 517. The van der Waals surface area contributed by atoms with Crippen molar-refractivity contribution in [2.45, 2.75) is 6.54 Å². The molecule has 0 aliphatic carbocycles. The Hall–Kier alpha value is -1.85. The van der Waals surface area contributed by atoms with Gasteiger partial charge in [-0.1, -0.05) is 12.1 Å². The topological polar surface area (TPSA) is 41.7 Å². The lowest BCUT2D eigenvalue weighted by Crippen LogP contribution is -2.43. The Kier molecular flexibility index (Phi) is 3.99. The van der Waals surface area contributed by atoms with Gasteiger partial charge in [-0.25, -0.2) is 0 Å². The van der Waals surface area contributed by atoms with Crippen LogP contribution in [0.15, 0.2) is 41.1 Å². The van der Waals surface area contributed by atoms with Crippen molar-refractivity contribution >= 4 is 0 Å². The second kappa shape index (κ2) is 6.07. The first-order valence-corrected chi connectivity index (χ1v) is 6.87. The van der Waals surface area contributed by atoms with Crippen LogP contribution < -0.4 is 4.74 Å². The number of benzene rings is 1. The molecule has 0 bridgehead atoms. The molecule has 1 saturated heterocycles. The molecule has 0 saturated carbocycles. The van der Waals surface area contributed by atoms with Crippen molar-refractivity contribution in [1.82, 2.24) is 14.8 Å². The highest BCUT2D eigenvalue weighted by molar-refractivity contribution is 5.28. The van der Waals surface area contributed by atoms with E-state index in [9.17, 15) is 0 Å². The maximum atomic E-state index is 5.48. The van der Waals surface area contributed by atoms with Crippen molar-refractivity contribution in [1.29, 1.82) is 0 Å². The molecule has 1 aromatic carbocycles. The normalized spacial score (nSPS) is 17.2. The third kappa shape index (κ3) is 3.37. The van der Waals surface area contributed by atoms with Crippen LogP contribution in [-0.2, 0) is 6.54 Å². The molecule has 0 amide bonds. The summed E-state index contributed by atoms with van der Waals surface area (Å²) in [5.74, 6) is 0.745. The molecule has 106 valence electrons. The highest BCUT2D eigenvalue weighted by Gasteiger charge is 2.13. The quantitative estimate of drug-likeness (QED) is 0.854. The highest BCUT2D eigenvalue weighted by Crippen LogP contribution is 2.20. The molecule has 1 fully saturated rings. The summed E-state index contributed by atoms with van der Waals surface area (Å²) >= 11 is 0. The van der Waals surface area contributed by atoms with Gasteiger partial charge in [0.25, 0.3) is 0 Å². The summed E-state index contributed by atoms with van der Waals surface area (Å²) in [5, 5.41) is 0. The number of hydrogen-bond acceptors (Lipinski definition) is 5. The zero-order valence-electron chi connectivity index (χ0n) is 11.7. The van der Waals surface area contributed by atoms with Crippen LogP contribution in [0.3, 0.4) is 0 Å². The van der Waals surface area contributed by atoms with E-state index in [4.69, 9.17) is 9.15 Å². The van der Waals surface area contributed by atoms with Crippen LogP contribution in [0.1, 0.15) is 5.56 Å². The molecule has 0 N–H and O–H groups in total. The average molecular weight is 273 g/mol. The third-order valence-corrected chi connectivity index (χ3v) is 3.54. The number of ether oxygens (including phenoxy) is 1. The predicted octanol–water partition coefficient (Wildman–Crippen LogP) is 2.21. The van der Waals surface area contributed by atoms with Gasteiger partial charge >= 0.3 is 6.08 Å². The van der Waals surface area contributed by atoms with E-state index in [1.54, 1.807) is 6.20 Å². The number of hydrogen-bond donors (Lipinski definition) is 0. The molecule has 5 heteroatoms. The molecule has 0 spiro atoms. The van der Waals surface area contributed by atoms with Crippen LogP contribution >= 0.6 is 0 Å². The number of oxazole rings is 1. The molecular weight excluding hydrogens is 254 g/mol. The minimum atomic E-state index is 0.275. The largest absolute Gasteiger partial charge is 0.417 e. The minimum absolute atomic E-state index is 0.275. The Balaban J connectivity index is 1.56. The SMILES string of the molecule is CN1CCN(Cc2ccc(Oc3ncco3)cc2)CC1. The number of nitrogens with zero attached hydrogens (tertiary/aromatic N) is 3. The van der Waals surface area contributed by atoms with Crippen molar-refractivity contribution in [3.05, 3.63) is 42.3 Å². The minimum Gasteiger partial charge on any atom is -0.417 e. The van der Waals surface area contributed by atoms with Gasteiger partial charge < -0.3 is 14.1 Å². The summed E-state index contributed by atoms with van der Waals surface area (Å²) in [6, 6.07) is 8.10. The summed E-state index contributed by atoms with van der Waals surface area (Å²) in [6.07, 6.45) is 3.34. The summed E-state index contributed by atoms with van der Waals surface area (Å²) in [7, 11) is 2.17. The molecule has 1 aliphatic heterocycles. The van der Waals surface area contributed by atoms with E-state index in [2.05, 4.69) is 34.0 Å². The van der Waals surface area contributed by atoms with Crippen molar-refractivity contribution in [2.24, 2.45) is 0 Å². The van der Waals surface area contributed by atoms with E-state index in [0.29, 0.717) is 0 Å². The molecule has 1 aliphatic rings. The second-order valence-electron chi connectivity index (χ2n) is 5.12. The summed E-state index contributed by atoms with van der Waals surface area (Å²) < 4.78 is 10.5. The first-order valence-electron chi connectivity index (χ1n) is 6.87. The molecule has 0 atom stereocenters. The van der Waals surface area contributed by atoms with E-state index in [0.717, 1.165) is 38.5 Å². The number of rotatable bonds is 4. The van der Waals surface area contributed by atoms with Crippen LogP contribution in [0, 0.1) is 0 Å². The number of aromatic nitrogens is 1. The smallest absolute Gasteiger partial charge is 0.399 e. The van der Waals surface area contributed by atoms with Gasteiger partial charge in [0.05, 0.1) is 6.20 Å². The zero-order chi connectivity index (χ0) is 13.8. The number of piperazine rings is 1. The maximum Gasteiger partial charge on any atom is 0.399 e. The van der Waals surface area contributed by atoms with Crippen LogP contribution in [0.4, 0.5) is 0 Å². The Morgan fingerprint density at radius 1 is 1.15 bits per heavy atom. The third-order valence-electron chi connectivity index (χ3n) is 3.54. The molecule has 2 heterocycles. The van der Waals surface area contributed by atoms with Gasteiger partial charge in [0.1, 0.15) is 12.0 Å². The standard InChI is InChI=1S/C15H19N3O2/c1-17-7-9-18(10-8-17)12-13-2-4-14(5-3-13)20-15-16-6-11-19-15/h2-6,11H,7-10,12H2,1H3. The first kappa shape index (κ1) is 13.1. The van der Waals surface area contributed by atoms with Crippen LogP contribution in [0.5, 0.6) is 11.8 Å². The number of likely N-dealkylation sites (N-methyl/N-ethyl adjacent to an activating group) is 1. The van der Waals surface area contributed by atoms with Gasteiger partial charge in [0.2, 0.25) is 0 Å². The fourth-order valence-electron chi connectivity index (χ4n) is 2.29. The van der Waals surface area contributed by atoms with Gasteiger partial charge in [-0.3, -0.25) is 4.90 Å². The van der Waals surface area contributed by atoms with Gasteiger partial charge in [0, 0.05) is 32.7 Å².